The molecule has 3 heterocycles. The second kappa shape index (κ2) is 18.8. The van der Waals surface area contributed by atoms with E-state index >= 15 is 0 Å². The summed E-state index contributed by atoms with van der Waals surface area (Å²) in [6.45, 7) is 20.1. The van der Waals surface area contributed by atoms with E-state index in [9.17, 15) is 4.79 Å². The average molecular weight is 570 g/mol. The summed E-state index contributed by atoms with van der Waals surface area (Å²) in [5.41, 5.74) is 0.914. The molecule has 2 saturated heterocycles. The zero-order valence-electron chi connectivity index (χ0n) is 27.2. The molecule has 2 N–H and O–H groups in total. The van der Waals surface area contributed by atoms with Crippen molar-refractivity contribution in [2.45, 2.75) is 112 Å². The lowest BCUT2D eigenvalue weighted by atomic mass is 9.78. The molecule has 11 atom stereocenters. The van der Waals surface area contributed by atoms with E-state index in [0.717, 1.165) is 18.5 Å². The number of aromatic nitrogens is 2. The molecule has 2 fully saturated rings. The summed E-state index contributed by atoms with van der Waals surface area (Å²) < 4.78 is 27.3. The highest BCUT2D eigenvalue weighted by molar-refractivity contribution is 5.76. The number of carbonyl (C=O) groups is 1. The topological polar surface area (TPSA) is 104 Å². The number of esters is 1. The van der Waals surface area contributed by atoms with Crippen molar-refractivity contribution in [3.8, 4) is 0 Å². The average Bonchev–Trinajstić information content (AvgIpc) is 3.48. The number of imidazole rings is 1. The molecule has 0 aromatic carbocycles. The van der Waals surface area contributed by atoms with Crippen molar-refractivity contribution in [2.75, 3.05) is 27.9 Å². The lowest BCUT2D eigenvalue weighted by Gasteiger charge is -2.42. The molecule has 0 aliphatic carbocycles. The molecule has 1 aromatic rings. The Labute approximate surface area is 243 Å². The van der Waals surface area contributed by atoms with Crippen LogP contribution in [-0.4, -0.2) is 74.6 Å². The van der Waals surface area contributed by atoms with Gasteiger partial charge < -0.3 is 34.0 Å². The Kier molecular flexibility index (Phi) is 17.2. The van der Waals surface area contributed by atoms with Crippen LogP contribution in [0.1, 0.15) is 80.8 Å². The van der Waals surface area contributed by atoms with Gasteiger partial charge in [0, 0.05) is 44.4 Å². The number of hydrogen-bond donors (Lipinski definition) is 2. The summed E-state index contributed by atoms with van der Waals surface area (Å²) in [4.78, 5) is 18.2. The van der Waals surface area contributed by atoms with Gasteiger partial charge in [-0.2, -0.15) is 0 Å². The van der Waals surface area contributed by atoms with E-state index in [2.05, 4.69) is 70.7 Å². The Bertz CT molecular complexity index is 718. The van der Waals surface area contributed by atoms with Crippen molar-refractivity contribution < 1.29 is 28.5 Å². The third kappa shape index (κ3) is 10.4. The number of nitrogens with zero attached hydrogens (tertiary/aromatic N) is 1. The van der Waals surface area contributed by atoms with Crippen LogP contribution in [0.5, 0.6) is 0 Å². The lowest BCUT2D eigenvalue weighted by Crippen LogP contribution is -2.45. The van der Waals surface area contributed by atoms with Gasteiger partial charge in [-0.05, 0) is 50.5 Å². The van der Waals surface area contributed by atoms with Crippen molar-refractivity contribution >= 4 is 5.97 Å². The number of nitrogens with one attached hydrogen (secondary N) is 2. The minimum atomic E-state index is -0.310. The van der Waals surface area contributed by atoms with E-state index in [1.165, 1.54) is 0 Å². The highest BCUT2D eigenvalue weighted by atomic mass is 16.7. The normalized spacial score (nSPS) is 34.5. The third-order valence-corrected chi connectivity index (χ3v) is 9.13. The Hall–Kier alpha value is -1.52. The van der Waals surface area contributed by atoms with Crippen LogP contribution in [0.25, 0.3) is 0 Å². The van der Waals surface area contributed by atoms with Gasteiger partial charge in [-0.25, -0.2) is 4.98 Å². The number of methoxy groups -OCH3 is 2. The highest BCUT2D eigenvalue weighted by Crippen LogP contribution is 2.37. The van der Waals surface area contributed by atoms with E-state index in [0.29, 0.717) is 60.7 Å². The van der Waals surface area contributed by atoms with Crippen molar-refractivity contribution in [1.29, 1.82) is 0 Å². The Balaban J connectivity index is 0.000000300. The fraction of sp³-hybridized carbons (Fsp3) is 0.871. The molecule has 2 aliphatic heterocycles. The first-order valence-electron chi connectivity index (χ1n) is 15.2. The van der Waals surface area contributed by atoms with Crippen molar-refractivity contribution in [1.82, 2.24) is 15.3 Å². The van der Waals surface area contributed by atoms with Crippen LogP contribution in [-0.2, 0) is 34.9 Å². The van der Waals surface area contributed by atoms with Gasteiger partial charge in [-0.1, -0.05) is 55.4 Å². The Morgan fingerprint density at radius 3 is 1.68 bits per heavy atom. The molecule has 9 nitrogen and oxygen atoms in total. The zero-order chi connectivity index (χ0) is 30.4. The van der Waals surface area contributed by atoms with Gasteiger partial charge in [-0.15, -0.1) is 0 Å². The van der Waals surface area contributed by atoms with Crippen LogP contribution in [0, 0.1) is 35.5 Å². The first-order chi connectivity index (χ1) is 19.0. The number of ether oxygens (including phenoxy) is 5. The minimum absolute atomic E-state index is 0.00356. The number of carbonyl (C=O) groups excluding carboxylic acids is 1. The van der Waals surface area contributed by atoms with Gasteiger partial charge in [-0.3, -0.25) is 4.79 Å². The molecule has 11 unspecified atom stereocenters. The molecule has 9 heteroatoms. The molecular weight excluding hydrogens is 510 g/mol. The monoisotopic (exact) mass is 569 g/mol. The summed E-state index contributed by atoms with van der Waals surface area (Å²) in [5, 5.41) is 2.90. The van der Waals surface area contributed by atoms with Crippen LogP contribution >= 0.6 is 0 Å². The van der Waals surface area contributed by atoms with E-state index in [-0.39, 0.29) is 24.6 Å². The number of H-pyrrole nitrogens is 1. The molecule has 3 rings (SSSR count). The van der Waals surface area contributed by atoms with Crippen LogP contribution in [0.3, 0.4) is 0 Å². The van der Waals surface area contributed by atoms with Crippen LogP contribution in [0.4, 0.5) is 0 Å². The predicted molar refractivity (Wildman–Crippen MR) is 159 cm³/mol. The Morgan fingerprint density at radius 1 is 0.875 bits per heavy atom. The smallest absolute Gasteiger partial charge is 0.323 e. The summed E-state index contributed by atoms with van der Waals surface area (Å²) in [7, 11) is 5.20. The summed E-state index contributed by atoms with van der Waals surface area (Å²) >= 11 is 0. The van der Waals surface area contributed by atoms with Crippen molar-refractivity contribution in [3.05, 3.63) is 18.2 Å². The van der Waals surface area contributed by atoms with E-state index < -0.39 is 0 Å². The molecular formula is C31H59N3O6. The maximum atomic E-state index is 11.4. The highest BCUT2D eigenvalue weighted by Gasteiger charge is 2.39. The van der Waals surface area contributed by atoms with Gasteiger partial charge in [0.1, 0.15) is 6.04 Å². The molecule has 1 aromatic heterocycles. The second-order valence-corrected chi connectivity index (χ2v) is 11.4. The maximum absolute atomic E-state index is 11.4. The molecule has 0 saturated carbocycles. The van der Waals surface area contributed by atoms with Gasteiger partial charge in [0.25, 0.3) is 0 Å². The van der Waals surface area contributed by atoms with E-state index in [1.54, 1.807) is 40.7 Å². The van der Waals surface area contributed by atoms with Gasteiger partial charge in [0.05, 0.1) is 25.1 Å². The zero-order valence-corrected chi connectivity index (χ0v) is 27.2. The number of likely N-dealkylation sites (N-methyl/N-ethyl adjacent to an activating group) is 1. The van der Waals surface area contributed by atoms with Crippen LogP contribution in [0.15, 0.2) is 12.5 Å². The third-order valence-electron chi connectivity index (χ3n) is 9.13. The van der Waals surface area contributed by atoms with Crippen molar-refractivity contribution in [2.24, 2.45) is 35.5 Å². The number of rotatable bonds is 9. The summed E-state index contributed by atoms with van der Waals surface area (Å²) in [6.07, 6.45) is 6.75. The predicted octanol–water partition coefficient (Wildman–Crippen LogP) is 5.46. The maximum Gasteiger partial charge on any atom is 0.323 e. The molecule has 0 radical (unpaired) electrons. The quantitative estimate of drug-likeness (QED) is 0.378. The van der Waals surface area contributed by atoms with Gasteiger partial charge >= 0.3 is 5.97 Å². The minimum Gasteiger partial charge on any atom is -0.465 e. The van der Waals surface area contributed by atoms with Gasteiger partial charge in [0.15, 0.2) is 12.6 Å². The van der Waals surface area contributed by atoms with Crippen LogP contribution in [0.2, 0.25) is 0 Å². The standard InChI is InChI=1S/2C11H22O2.C9H15N3O2/c2*1-6-10-8(3)7(2)9(4)11(12-5)13-10;1-3-14-9(13)8(10-2)4-7-5-11-6-12-7/h2*7-11H,6H2,1-5H3;5-6,8,10H,3-4H2,1-2H3,(H,11,12). The van der Waals surface area contributed by atoms with E-state index in [4.69, 9.17) is 23.7 Å². The number of aromatic amines is 1. The molecule has 0 bridgehead atoms. The SMILES string of the molecule is CCC1OC(OC)C(C)C(C)C1C.CCC1OC(OC)C(C)C(C)C1C.CCOC(=O)C(Cc1cnc[nH]1)NC. The first-order valence-corrected chi connectivity index (χ1v) is 15.2. The second-order valence-electron chi connectivity index (χ2n) is 11.4. The fourth-order valence-corrected chi connectivity index (χ4v) is 5.61. The largest absolute Gasteiger partial charge is 0.465 e. The molecule has 234 valence electrons. The first kappa shape index (κ1) is 36.5. The molecule has 0 amide bonds. The molecule has 2 aliphatic rings. The number of hydrogen-bond acceptors (Lipinski definition) is 8. The summed E-state index contributed by atoms with van der Waals surface area (Å²) in [6, 6.07) is -0.310. The van der Waals surface area contributed by atoms with Gasteiger partial charge in [0.2, 0.25) is 0 Å². The van der Waals surface area contributed by atoms with E-state index in [1.807, 2.05) is 0 Å². The molecule has 0 spiro atoms. The molecule has 40 heavy (non-hydrogen) atoms. The summed E-state index contributed by atoms with van der Waals surface area (Å²) in [5.74, 6) is 3.43. The fourth-order valence-electron chi connectivity index (χ4n) is 5.61. The Morgan fingerprint density at radius 2 is 1.35 bits per heavy atom. The van der Waals surface area contributed by atoms with Crippen molar-refractivity contribution in [3.63, 3.8) is 0 Å². The lowest BCUT2D eigenvalue weighted by molar-refractivity contribution is -0.237. The van der Waals surface area contributed by atoms with Crippen LogP contribution < -0.4 is 5.32 Å².